The molecule has 19 heavy (non-hydrogen) atoms. The first kappa shape index (κ1) is 13.4. The number of carboxylic acid groups (broad SMARTS) is 1. The Labute approximate surface area is 111 Å². The third kappa shape index (κ3) is 2.70. The maximum absolute atomic E-state index is 12.9. The molecule has 0 atom stereocenters. The number of hydrogen-bond acceptors (Lipinski definition) is 3. The Morgan fingerprint density at radius 3 is 2.68 bits per heavy atom. The Morgan fingerprint density at radius 2 is 2.11 bits per heavy atom. The van der Waals surface area contributed by atoms with Gasteiger partial charge in [-0.05, 0) is 11.6 Å². The molecule has 2 aromatic rings. The van der Waals surface area contributed by atoms with Crippen LogP contribution < -0.4 is 0 Å². The van der Waals surface area contributed by atoms with Crippen LogP contribution in [0.15, 0.2) is 24.3 Å². The van der Waals surface area contributed by atoms with Gasteiger partial charge in [-0.3, -0.25) is 0 Å². The molecular formula is C11H8ClF2N3O2. The SMILES string of the molecule is O=C(O)c1nnn(Cc2ccccc2Cl)c1C(F)F. The number of carboxylic acids is 1. The summed E-state index contributed by atoms with van der Waals surface area (Å²) < 4.78 is 26.6. The van der Waals surface area contributed by atoms with Crippen LogP contribution in [0.5, 0.6) is 0 Å². The summed E-state index contributed by atoms with van der Waals surface area (Å²) in [4.78, 5) is 10.8. The summed E-state index contributed by atoms with van der Waals surface area (Å²) in [6.45, 7) is -0.0698. The molecule has 100 valence electrons. The largest absolute Gasteiger partial charge is 0.476 e. The summed E-state index contributed by atoms with van der Waals surface area (Å²) in [5.74, 6) is -1.54. The zero-order chi connectivity index (χ0) is 14.0. The number of rotatable bonds is 4. The smallest absolute Gasteiger partial charge is 0.358 e. The van der Waals surface area contributed by atoms with E-state index in [1.54, 1.807) is 24.3 Å². The summed E-state index contributed by atoms with van der Waals surface area (Å²) in [5.41, 5.74) is -0.928. The summed E-state index contributed by atoms with van der Waals surface area (Å²) in [6.07, 6.45) is -2.98. The van der Waals surface area contributed by atoms with Crippen molar-refractivity contribution in [2.24, 2.45) is 0 Å². The van der Waals surface area contributed by atoms with Crippen molar-refractivity contribution in [1.29, 1.82) is 0 Å². The van der Waals surface area contributed by atoms with Gasteiger partial charge in [0, 0.05) is 5.02 Å². The van der Waals surface area contributed by atoms with E-state index < -0.39 is 23.8 Å². The second-order valence-corrected chi connectivity index (χ2v) is 4.09. The minimum atomic E-state index is -2.98. The number of halogens is 3. The Hall–Kier alpha value is -2.02. The van der Waals surface area contributed by atoms with Gasteiger partial charge in [-0.1, -0.05) is 35.0 Å². The summed E-state index contributed by atoms with van der Waals surface area (Å²) in [7, 11) is 0. The van der Waals surface area contributed by atoms with Crippen LogP contribution >= 0.6 is 11.6 Å². The van der Waals surface area contributed by atoms with Crippen LogP contribution in [0.2, 0.25) is 5.02 Å². The highest BCUT2D eigenvalue weighted by Crippen LogP contribution is 2.23. The summed E-state index contributed by atoms with van der Waals surface area (Å²) in [5, 5.41) is 15.9. The minimum Gasteiger partial charge on any atom is -0.476 e. The van der Waals surface area contributed by atoms with Gasteiger partial charge in [0.25, 0.3) is 6.43 Å². The molecule has 0 amide bonds. The second-order valence-electron chi connectivity index (χ2n) is 3.68. The zero-order valence-corrected chi connectivity index (χ0v) is 10.2. The van der Waals surface area contributed by atoms with E-state index in [0.29, 0.717) is 10.6 Å². The normalized spacial score (nSPS) is 10.9. The van der Waals surface area contributed by atoms with Crippen LogP contribution in [0.1, 0.15) is 28.2 Å². The average molecular weight is 288 g/mol. The molecule has 0 fully saturated rings. The van der Waals surface area contributed by atoms with Gasteiger partial charge < -0.3 is 5.11 Å². The molecule has 0 aliphatic heterocycles. The molecule has 0 bridgehead atoms. The first-order chi connectivity index (χ1) is 9.00. The van der Waals surface area contributed by atoms with Crippen molar-refractivity contribution in [3.05, 3.63) is 46.2 Å². The quantitative estimate of drug-likeness (QED) is 0.938. The predicted octanol–water partition coefficient (Wildman–Crippen LogP) is 2.62. The van der Waals surface area contributed by atoms with Crippen molar-refractivity contribution < 1.29 is 18.7 Å². The number of aromatic nitrogens is 3. The fourth-order valence-corrected chi connectivity index (χ4v) is 1.79. The van der Waals surface area contributed by atoms with E-state index in [4.69, 9.17) is 16.7 Å². The van der Waals surface area contributed by atoms with E-state index in [2.05, 4.69) is 10.3 Å². The molecule has 0 saturated heterocycles. The van der Waals surface area contributed by atoms with Crippen LogP contribution in [0.4, 0.5) is 8.78 Å². The fourth-order valence-electron chi connectivity index (χ4n) is 1.59. The average Bonchev–Trinajstić information content (AvgIpc) is 2.76. The molecule has 1 aromatic carbocycles. The topological polar surface area (TPSA) is 68.0 Å². The molecule has 0 saturated carbocycles. The minimum absolute atomic E-state index is 0.0698. The molecule has 8 heteroatoms. The zero-order valence-electron chi connectivity index (χ0n) is 9.42. The summed E-state index contributed by atoms with van der Waals surface area (Å²) in [6, 6.07) is 6.63. The highest BCUT2D eigenvalue weighted by Gasteiger charge is 2.26. The Morgan fingerprint density at radius 1 is 1.42 bits per heavy atom. The first-order valence-corrected chi connectivity index (χ1v) is 5.56. The van der Waals surface area contributed by atoms with Crippen molar-refractivity contribution in [1.82, 2.24) is 15.0 Å². The van der Waals surface area contributed by atoms with Gasteiger partial charge in [0.2, 0.25) is 0 Å². The number of hydrogen-bond donors (Lipinski definition) is 1. The molecule has 1 aromatic heterocycles. The highest BCUT2D eigenvalue weighted by molar-refractivity contribution is 6.31. The molecule has 5 nitrogen and oxygen atoms in total. The van der Waals surface area contributed by atoms with Gasteiger partial charge in [-0.2, -0.15) is 0 Å². The fraction of sp³-hybridized carbons (Fsp3) is 0.182. The van der Waals surface area contributed by atoms with Crippen LogP contribution in [0, 0.1) is 0 Å². The Bertz CT molecular complexity index is 616. The van der Waals surface area contributed by atoms with Gasteiger partial charge in [0.15, 0.2) is 5.69 Å². The number of benzene rings is 1. The monoisotopic (exact) mass is 287 g/mol. The Kier molecular flexibility index (Phi) is 3.75. The highest BCUT2D eigenvalue weighted by atomic mass is 35.5. The number of carbonyl (C=O) groups is 1. The van der Waals surface area contributed by atoms with Crippen molar-refractivity contribution in [3.63, 3.8) is 0 Å². The molecule has 0 unspecified atom stereocenters. The van der Waals surface area contributed by atoms with Crippen molar-refractivity contribution in [2.75, 3.05) is 0 Å². The van der Waals surface area contributed by atoms with Crippen molar-refractivity contribution >= 4 is 17.6 Å². The lowest BCUT2D eigenvalue weighted by Gasteiger charge is -2.07. The molecule has 1 heterocycles. The maximum Gasteiger partial charge on any atom is 0.358 e. The number of nitrogens with zero attached hydrogens (tertiary/aromatic N) is 3. The van der Waals surface area contributed by atoms with Crippen LogP contribution in [0.3, 0.4) is 0 Å². The standard InChI is InChI=1S/C11H8ClF2N3O2/c12-7-4-2-1-3-6(7)5-17-9(10(13)14)8(11(18)19)15-16-17/h1-4,10H,5H2,(H,18,19). The van der Waals surface area contributed by atoms with Crippen molar-refractivity contribution in [2.45, 2.75) is 13.0 Å². The van der Waals surface area contributed by atoms with E-state index >= 15 is 0 Å². The maximum atomic E-state index is 12.9. The molecule has 0 radical (unpaired) electrons. The number of aromatic carboxylic acids is 1. The van der Waals surface area contributed by atoms with E-state index in [0.717, 1.165) is 4.68 Å². The lowest BCUT2D eigenvalue weighted by atomic mass is 10.2. The second kappa shape index (κ2) is 5.31. The van der Waals surface area contributed by atoms with E-state index in [9.17, 15) is 13.6 Å². The molecule has 1 N–H and O–H groups in total. The van der Waals surface area contributed by atoms with Gasteiger partial charge in [0.1, 0.15) is 5.69 Å². The van der Waals surface area contributed by atoms with Crippen LogP contribution in [-0.2, 0) is 6.54 Å². The Balaban J connectivity index is 2.41. The van der Waals surface area contributed by atoms with Crippen LogP contribution in [0.25, 0.3) is 0 Å². The van der Waals surface area contributed by atoms with E-state index in [1.807, 2.05) is 0 Å². The predicted molar refractivity (Wildman–Crippen MR) is 62.5 cm³/mol. The molecule has 2 rings (SSSR count). The van der Waals surface area contributed by atoms with Crippen molar-refractivity contribution in [3.8, 4) is 0 Å². The third-order valence-electron chi connectivity index (χ3n) is 2.46. The molecule has 0 spiro atoms. The molecular weight excluding hydrogens is 280 g/mol. The number of alkyl halides is 2. The first-order valence-electron chi connectivity index (χ1n) is 5.19. The van der Waals surface area contributed by atoms with E-state index in [-0.39, 0.29) is 6.54 Å². The van der Waals surface area contributed by atoms with Gasteiger partial charge in [0.05, 0.1) is 6.54 Å². The summed E-state index contributed by atoms with van der Waals surface area (Å²) >= 11 is 5.91. The lowest BCUT2D eigenvalue weighted by Crippen LogP contribution is -2.10. The lowest BCUT2D eigenvalue weighted by molar-refractivity contribution is 0.0675. The van der Waals surface area contributed by atoms with Gasteiger partial charge in [-0.15, -0.1) is 5.10 Å². The van der Waals surface area contributed by atoms with Gasteiger partial charge in [-0.25, -0.2) is 18.3 Å². The molecule has 0 aliphatic rings. The van der Waals surface area contributed by atoms with Crippen LogP contribution in [-0.4, -0.2) is 26.1 Å². The van der Waals surface area contributed by atoms with E-state index in [1.165, 1.54) is 0 Å². The third-order valence-corrected chi connectivity index (χ3v) is 2.83. The molecule has 0 aliphatic carbocycles. The van der Waals surface area contributed by atoms with Gasteiger partial charge >= 0.3 is 5.97 Å².